The van der Waals surface area contributed by atoms with E-state index in [0.29, 0.717) is 30.2 Å². The maximum absolute atomic E-state index is 12.6. The maximum atomic E-state index is 12.6. The van der Waals surface area contributed by atoms with E-state index in [2.05, 4.69) is 10.3 Å². The lowest BCUT2D eigenvalue weighted by Gasteiger charge is -2.24. The molecule has 1 aliphatic rings. The predicted octanol–water partition coefficient (Wildman–Crippen LogP) is 3.54. The molecule has 0 saturated heterocycles. The third-order valence-electron chi connectivity index (χ3n) is 4.42. The summed E-state index contributed by atoms with van der Waals surface area (Å²) in [7, 11) is 1.58. The van der Waals surface area contributed by atoms with Crippen molar-refractivity contribution in [3.05, 3.63) is 60.6 Å². The monoisotopic (exact) mass is 350 g/mol. The molecule has 26 heavy (non-hydrogen) atoms. The molecule has 2 aromatic carbocycles. The predicted molar refractivity (Wildman–Crippen MR) is 96.3 cm³/mol. The molecule has 6 nitrogen and oxygen atoms in total. The number of carbonyl (C=O) groups excluding carboxylic acids is 1. The zero-order chi connectivity index (χ0) is 17.9. The fourth-order valence-electron chi connectivity index (χ4n) is 3.06. The van der Waals surface area contributed by atoms with Crippen LogP contribution in [0.2, 0.25) is 0 Å². The molecule has 1 atom stereocenters. The van der Waals surface area contributed by atoms with E-state index in [1.54, 1.807) is 19.4 Å². The summed E-state index contributed by atoms with van der Waals surface area (Å²) < 4.78 is 16.4. The molecule has 1 amide bonds. The van der Waals surface area contributed by atoms with Gasteiger partial charge in [0.05, 0.1) is 24.8 Å². The first kappa shape index (κ1) is 16.2. The number of hydrogen-bond acceptors (Lipinski definition) is 5. The summed E-state index contributed by atoms with van der Waals surface area (Å²) in [5, 5.41) is 2.94. The fourth-order valence-corrected chi connectivity index (χ4v) is 3.06. The number of para-hydroxylation sites is 1. The van der Waals surface area contributed by atoms with Crippen LogP contribution in [0.15, 0.2) is 59.5 Å². The van der Waals surface area contributed by atoms with Crippen LogP contribution in [0.4, 0.5) is 5.69 Å². The molecule has 0 unspecified atom stereocenters. The number of carbonyl (C=O) groups is 1. The van der Waals surface area contributed by atoms with Crippen molar-refractivity contribution in [2.45, 2.75) is 6.42 Å². The van der Waals surface area contributed by atoms with E-state index >= 15 is 0 Å². The SMILES string of the molecule is COc1cc(NC(=O)[C@H]2COc3ccccc3C2)ccc1-c1cnco1. The van der Waals surface area contributed by atoms with E-state index in [9.17, 15) is 4.79 Å². The van der Waals surface area contributed by atoms with E-state index < -0.39 is 0 Å². The number of methoxy groups -OCH3 is 1. The van der Waals surface area contributed by atoms with Crippen molar-refractivity contribution in [2.24, 2.45) is 5.92 Å². The van der Waals surface area contributed by atoms with E-state index in [1.165, 1.54) is 6.39 Å². The van der Waals surface area contributed by atoms with Crippen LogP contribution in [-0.2, 0) is 11.2 Å². The van der Waals surface area contributed by atoms with Crippen LogP contribution in [0.5, 0.6) is 11.5 Å². The maximum Gasteiger partial charge on any atom is 0.231 e. The molecule has 1 aliphatic heterocycles. The quantitative estimate of drug-likeness (QED) is 0.779. The first-order valence-corrected chi connectivity index (χ1v) is 8.33. The number of hydrogen-bond donors (Lipinski definition) is 1. The van der Waals surface area contributed by atoms with Crippen molar-refractivity contribution >= 4 is 11.6 Å². The van der Waals surface area contributed by atoms with E-state index in [0.717, 1.165) is 16.9 Å². The van der Waals surface area contributed by atoms with Crippen LogP contribution in [0.1, 0.15) is 5.56 Å². The van der Waals surface area contributed by atoms with Gasteiger partial charge in [-0.3, -0.25) is 4.79 Å². The van der Waals surface area contributed by atoms with Crippen LogP contribution in [0, 0.1) is 5.92 Å². The van der Waals surface area contributed by atoms with Gasteiger partial charge in [0.1, 0.15) is 18.1 Å². The van der Waals surface area contributed by atoms with Gasteiger partial charge < -0.3 is 19.2 Å². The van der Waals surface area contributed by atoms with Crippen LogP contribution < -0.4 is 14.8 Å². The van der Waals surface area contributed by atoms with Gasteiger partial charge in [0, 0.05) is 11.8 Å². The number of rotatable bonds is 4. The van der Waals surface area contributed by atoms with E-state index in [4.69, 9.17) is 13.9 Å². The average Bonchev–Trinajstić information content (AvgIpc) is 3.22. The standard InChI is InChI=1S/C20H18N2O4/c1-24-18-9-15(6-7-16(18)19-10-21-12-26-19)22-20(23)14-8-13-4-2-3-5-17(13)25-11-14/h2-7,9-10,12,14H,8,11H2,1H3,(H,22,23)/t14-/m1/s1. The minimum atomic E-state index is -0.232. The highest BCUT2D eigenvalue weighted by molar-refractivity contribution is 5.93. The van der Waals surface area contributed by atoms with Gasteiger partial charge in [-0.15, -0.1) is 0 Å². The second-order valence-corrected chi connectivity index (χ2v) is 6.09. The molecular formula is C20H18N2O4. The summed E-state index contributed by atoms with van der Waals surface area (Å²) in [6.45, 7) is 0.371. The molecule has 0 aliphatic carbocycles. The highest BCUT2D eigenvalue weighted by Gasteiger charge is 2.26. The summed E-state index contributed by atoms with van der Waals surface area (Å²) in [6, 6.07) is 13.2. The molecule has 0 bridgehead atoms. The highest BCUT2D eigenvalue weighted by Crippen LogP contribution is 2.33. The first-order valence-electron chi connectivity index (χ1n) is 8.33. The molecule has 1 N–H and O–H groups in total. The smallest absolute Gasteiger partial charge is 0.231 e. The van der Waals surface area contributed by atoms with Gasteiger partial charge in [0.2, 0.25) is 5.91 Å². The summed E-state index contributed by atoms with van der Waals surface area (Å²) in [6.07, 6.45) is 3.65. The van der Waals surface area contributed by atoms with Crippen molar-refractivity contribution in [1.29, 1.82) is 0 Å². The molecule has 0 fully saturated rings. The van der Waals surface area contributed by atoms with Gasteiger partial charge in [-0.25, -0.2) is 4.98 Å². The lowest BCUT2D eigenvalue weighted by atomic mass is 9.96. The van der Waals surface area contributed by atoms with Crippen molar-refractivity contribution in [1.82, 2.24) is 4.98 Å². The number of fused-ring (bicyclic) bond motifs is 1. The van der Waals surface area contributed by atoms with Gasteiger partial charge in [-0.05, 0) is 30.2 Å². The molecule has 1 aromatic heterocycles. The number of ether oxygens (including phenoxy) is 2. The minimum Gasteiger partial charge on any atom is -0.496 e. The number of anilines is 1. The second kappa shape index (κ2) is 6.92. The topological polar surface area (TPSA) is 73.6 Å². The molecule has 0 saturated carbocycles. The largest absolute Gasteiger partial charge is 0.496 e. The summed E-state index contributed by atoms with van der Waals surface area (Å²) in [4.78, 5) is 16.5. The van der Waals surface area contributed by atoms with Crippen molar-refractivity contribution in [2.75, 3.05) is 19.0 Å². The molecule has 2 heterocycles. The van der Waals surface area contributed by atoms with Gasteiger partial charge in [-0.2, -0.15) is 0 Å². The summed E-state index contributed by atoms with van der Waals surface area (Å²) in [5.41, 5.74) is 2.49. The van der Waals surface area contributed by atoms with Crippen LogP contribution >= 0.6 is 0 Å². The lowest BCUT2D eigenvalue weighted by Crippen LogP contribution is -2.32. The van der Waals surface area contributed by atoms with Gasteiger partial charge in [0.25, 0.3) is 0 Å². The molecule has 4 rings (SSSR count). The van der Waals surface area contributed by atoms with Crippen molar-refractivity contribution in [3.63, 3.8) is 0 Å². The van der Waals surface area contributed by atoms with Crippen LogP contribution in [0.3, 0.4) is 0 Å². The van der Waals surface area contributed by atoms with Crippen molar-refractivity contribution < 1.29 is 18.7 Å². The number of benzene rings is 2. The lowest BCUT2D eigenvalue weighted by molar-refractivity contribution is -0.121. The average molecular weight is 350 g/mol. The molecule has 0 spiro atoms. The fraction of sp³-hybridized carbons (Fsp3) is 0.200. The molecule has 3 aromatic rings. The zero-order valence-electron chi connectivity index (χ0n) is 14.3. The Morgan fingerprint density at radius 3 is 2.96 bits per heavy atom. The highest BCUT2D eigenvalue weighted by atomic mass is 16.5. The molecular weight excluding hydrogens is 332 g/mol. The summed E-state index contributed by atoms with van der Waals surface area (Å²) in [5.74, 6) is 1.76. The normalized spacial score (nSPS) is 15.7. The number of oxazole rings is 1. The zero-order valence-corrected chi connectivity index (χ0v) is 14.3. The van der Waals surface area contributed by atoms with E-state index in [1.807, 2.05) is 36.4 Å². The number of nitrogens with one attached hydrogen (secondary N) is 1. The third-order valence-corrected chi connectivity index (χ3v) is 4.42. The van der Waals surface area contributed by atoms with Gasteiger partial charge in [-0.1, -0.05) is 18.2 Å². The Hall–Kier alpha value is -3.28. The van der Waals surface area contributed by atoms with Gasteiger partial charge >= 0.3 is 0 Å². The van der Waals surface area contributed by atoms with Crippen molar-refractivity contribution in [3.8, 4) is 22.8 Å². The van der Waals surface area contributed by atoms with E-state index in [-0.39, 0.29) is 11.8 Å². The number of aromatic nitrogens is 1. The summed E-state index contributed by atoms with van der Waals surface area (Å²) >= 11 is 0. The number of amides is 1. The molecule has 132 valence electrons. The van der Waals surface area contributed by atoms with Gasteiger partial charge in [0.15, 0.2) is 12.2 Å². The second-order valence-electron chi connectivity index (χ2n) is 6.09. The molecule has 6 heteroatoms. The minimum absolute atomic E-state index is 0.0750. The Bertz CT molecular complexity index is 921. The Balaban J connectivity index is 1.50. The number of nitrogens with zero attached hydrogens (tertiary/aromatic N) is 1. The Morgan fingerprint density at radius 2 is 2.15 bits per heavy atom. The van der Waals surface area contributed by atoms with Crippen LogP contribution in [0.25, 0.3) is 11.3 Å². The Morgan fingerprint density at radius 1 is 1.27 bits per heavy atom. The molecule has 0 radical (unpaired) electrons. The van der Waals surface area contributed by atoms with Crippen LogP contribution in [-0.4, -0.2) is 24.6 Å². The first-order chi connectivity index (χ1) is 12.7. The Labute approximate surface area is 150 Å². The third kappa shape index (κ3) is 3.13. The Kier molecular flexibility index (Phi) is 4.31.